The van der Waals surface area contributed by atoms with Crippen molar-refractivity contribution in [1.82, 2.24) is 9.80 Å². The second kappa shape index (κ2) is 7.77. The Morgan fingerprint density at radius 2 is 1.92 bits per heavy atom. The molecule has 0 N–H and O–H groups in total. The molecule has 1 aromatic rings. The first kappa shape index (κ1) is 16.9. The van der Waals surface area contributed by atoms with Crippen molar-refractivity contribution in [2.24, 2.45) is 5.92 Å². The van der Waals surface area contributed by atoms with E-state index in [1.807, 2.05) is 12.1 Å². The molecule has 1 amide bonds. The smallest absolute Gasteiger partial charge is 0.223 e. The summed E-state index contributed by atoms with van der Waals surface area (Å²) in [6.45, 7) is 6.32. The number of para-hydroxylation sites is 1. The Labute approximate surface area is 151 Å². The Morgan fingerprint density at radius 1 is 1.08 bits per heavy atom. The third kappa shape index (κ3) is 4.00. The van der Waals surface area contributed by atoms with Gasteiger partial charge in [-0.05, 0) is 62.2 Å². The standard InChI is InChI=1S/C21H30N2O2/c24-21(14-18-9-13-25-20-7-3-2-6-19(18)20)23-12-8-17(16-23)15-22-10-4-1-5-11-22/h2-3,6-7,17-18H,1,4-5,8-16H2. The van der Waals surface area contributed by atoms with Crippen molar-refractivity contribution >= 4 is 5.91 Å². The van der Waals surface area contributed by atoms with E-state index in [0.717, 1.165) is 31.9 Å². The molecule has 136 valence electrons. The van der Waals surface area contributed by atoms with E-state index in [1.165, 1.54) is 50.9 Å². The van der Waals surface area contributed by atoms with Crippen LogP contribution in [0.15, 0.2) is 24.3 Å². The minimum Gasteiger partial charge on any atom is -0.493 e. The molecule has 4 nitrogen and oxygen atoms in total. The molecule has 4 rings (SSSR count). The lowest BCUT2D eigenvalue weighted by atomic mass is 9.90. The summed E-state index contributed by atoms with van der Waals surface area (Å²) in [5.74, 6) is 2.29. The number of ether oxygens (including phenoxy) is 1. The molecular formula is C21H30N2O2. The van der Waals surface area contributed by atoms with Gasteiger partial charge in [0.25, 0.3) is 0 Å². The summed E-state index contributed by atoms with van der Waals surface area (Å²) in [7, 11) is 0. The number of carbonyl (C=O) groups is 1. The van der Waals surface area contributed by atoms with Crippen molar-refractivity contribution in [2.45, 2.75) is 44.4 Å². The SMILES string of the molecule is O=C(CC1CCOc2ccccc21)N1CCC(CN2CCCCC2)C1. The van der Waals surface area contributed by atoms with E-state index >= 15 is 0 Å². The molecule has 25 heavy (non-hydrogen) atoms. The van der Waals surface area contributed by atoms with Crippen LogP contribution in [0.2, 0.25) is 0 Å². The van der Waals surface area contributed by atoms with E-state index in [4.69, 9.17) is 4.74 Å². The maximum atomic E-state index is 12.8. The second-order valence-corrected chi connectivity index (χ2v) is 7.93. The van der Waals surface area contributed by atoms with Crippen LogP contribution in [-0.2, 0) is 4.79 Å². The van der Waals surface area contributed by atoms with Gasteiger partial charge >= 0.3 is 0 Å². The summed E-state index contributed by atoms with van der Waals surface area (Å²) < 4.78 is 5.73. The Bertz CT molecular complexity index is 597. The van der Waals surface area contributed by atoms with Crippen LogP contribution in [0.1, 0.15) is 50.0 Å². The highest BCUT2D eigenvalue weighted by atomic mass is 16.5. The lowest BCUT2D eigenvalue weighted by Crippen LogP contribution is -2.36. The highest BCUT2D eigenvalue weighted by Gasteiger charge is 2.31. The van der Waals surface area contributed by atoms with Gasteiger partial charge in [0, 0.05) is 26.1 Å². The van der Waals surface area contributed by atoms with Crippen molar-refractivity contribution in [3.63, 3.8) is 0 Å². The highest BCUT2D eigenvalue weighted by molar-refractivity contribution is 5.77. The Balaban J connectivity index is 1.30. The van der Waals surface area contributed by atoms with Gasteiger partial charge in [-0.15, -0.1) is 0 Å². The monoisotopic (exact) mass is 342 g/mol. The maximum absolute atomic E-state index is 12.8. The number of piperidine rings is 1. The quantitative estimate of drug-likeness (QED) is 0.842. The first-order valence-corrected chi connectivity index (χ1v) is 10.0. The number of fused-ring (bicyclic) bond motifs is 1. The van der Waals surface area contributed by atoms with Gasteiger partial charge in [-0.3, -0.25) is 4.79 Å². The van der Waals surface area contributed by atoms with Crippen LogP contribution in [0.25, 0.3) is 0 Å². The highest BCUT2D eigenvalue weighted by Crippen LogP contribution is 2.36. The second-order valence-electron chi connectivity index (χ2n) is 7.93. The minimum absolute atomic E-state index is 0.318. The number of carbonyl (C=O) groups excluding carboxylic acids is 1. The third-order valence-electron chi connectivity index (χ3n) is 6.11. The average molecular weight is 342 g/mol. The van der Waals surface area contributed by atoms with Crippen LogP contribution in [0.5, 0.6) is 5.75 Å². The van der Waals surface area contributed by atoms with Crippen molar-refractivity contribution in [1.29, 1.82) is 0 Å². The molecule has 2 atom stereocenters. The van der Waals surface area contributed by atoms with Crippen LogP contribution in [-0.4, -0.2) is 55.0 Å². The van der Waals surface area contributed by atoms with Crippen LogP contribution in [0.4, 0.5) is 0 Å². The Hall–Kier alpha value is -1.55. The fraction of sp³-hybridized carbons (Fsp3) is 0.667. The molecule has 1 aromatic carbocycles. The molecule has 0 bridgehead atoms. The van der Waals surface area contributed by atoms with Gasteiger partial charge in [0.1, 0.15) is 5.75 Å². The van der Waals surface area contributed by atoms with Gasteiger partial charge in [0.05, 0.1) is 6.61 Å². The number of nitrogens with zero attached hydrogens (tertiary/aromatic N) is 2. The van der Waals surface area contributed by atoms with Gasteiger partial charge in [-0.25, -0.2) is 0 Å². The zero-order chi connectivity index (χ0) is 17.1. The molecule has 3 heterocycles. The van der Waals surface area contributed by atoms with Gasteiger partial charge < -0.3 is 14.5 Å². The summed E-state index contributed by atoms with van der Waals surface area (Å²) in [5.41, 5.74) is 1.21. The van der Waals surface area contributed by atoms with Gasteiger partial charge in [0.15, 0.2) is 0 Å². The van der Waals surface area contributed by atoms with Crippen molar-refractivity contribution in [3.05, 3.63) is 29.8 Å². The maximum Gasteiger partial charge on any atom is 0.223 e. The zero-order valence-corrected chi connectivity index (χ0v) is 15.2. The number of hydrogen-bond acceptors (Lipinski definition) is 3. The molecule has 2 fully saturated rings. The number of likely N-dealkylation sites (tertiary alicyclic amines) is 2. The van der Waals surface area contributed by atoms with E-state index in [-0.39, 0.29) is 0 Å². The van der Waals surface area contributed by atoms with Crippen molar-refractivity contribution in [2.75, 3.05) is 39.3 Å². The lowest BCUT2D eigenvalue weighted by Gasteiger charge is -2.29. The van der Waals surface area contributed by atoms with E-state index in [1.54, 1.807) is 0 Å². The number of hydrogen-bond donors (Lipinski definition) is 0. The first-order chi connectivity index (χ1) is 12.3. The van der Waals surface area contributed by atoms with Crippen LogP contribution >= 0.6 is 0 Å². The summed E-state index contributed by atoms with van der Waals surface area (Å²) in [6.07, 6.45) is 6.84. The number of benzene rings is 1. The van der Waals surface area contributed by atoms with Crippen molar-refractivity contribution < 1.29 is 9.53 Å². The van der Waals surface area contributed by atoms with E-state index < -0.39 is 0 Å². The van der Waals surface area contributed by atoms with Gasteiger partial charge in [0.2, 0.25) is 5.91 Å². The average Bonchev–Trinajstić information content (AvgIpc) is 3.11. The molecule has 0 spiro atoms. The largest absolute Gasteiger partial charge is 0.493 e. The summed E-state index contributed by atoms with van der Waals surface area (Å²) >= 11 is 0. The van der Waals surface area contributed by atoms with Gasteiger partial charge in [-0.1, -0.05) is 24.6 Å². The zero-order valence-electron chi connectivity index (χ0n) is 15.2. The summed E-state index contributed by atoms with van der Waals surface area (Å²) in [4.78, 5) is 17.6. The summed E-state index contributed by atoms with van der Waals surface area (Å²) in [5, 5.41) is 0. The molecule has 0 radical (unpaired) electrons. The van der Waals surface area contributed by atoms with Crippen LogP contribution in [0, 0.1) is 5.92 Å². The lowest BCUT2D eigenvalue weighted by molar-refractivity contribution is -0.130. The summed E-state index contributed by atoms with van der Waals surface area (Å²) in [6, 6.07) is 8.20. The molecule has 3 aliphatic heterocycles. The predicted molar refractivity (Wildman–Crippen MR) is 98.9 cm³/mol. The topological polar surface area (TPSA) is 32.8 Å². The normalized spacial score (nSPS) is 27.0. The molecule has 0 aliphatic carbocycles. The first-order valence-electron chi connectivity index (χ1n) is 10.0. The van der Waals surface area contributed by atoms with Crippen molar-refractivity contribution in [3.8, 4) is 5.75 Å². The molecule has 2 saturated heterocycles. The van der Waals surface area contributed by atoms with Crippen LogP contribution < -0.4 is 4.74 Å². The van der Waals surface area contributed by atoms with E-state index in [2.05, 4.69) is 21.9 Å². The molecular weight excluding hydrogens is 312 g/mol. The van der Waals surface area contributed by atoms with Crippen LogP contribution in [0.3, 0.4) is 0 Å². The molecule has 3 aliphatic rings. The molecule has 0 saturated carbocycles. The van der Waals surface area contributed by atoms with E-state index in [9.17, 15) is 4.79 Å². The number of rotatable bonds is 4. The van der Waals surface area contributed by atoms with Gasteiger partial charge in [-0.2, -0.15) is 0 Å². The molecule has 0 aromatic heterocycles. The minimum atomic E-state index is 0.318. The molecule has 2 unspecified atom stereocenters. The fourth-order valence-corrected chi connectivity index (χ4v) is 4.68. The third-order valence-corrected chi connectivity index (χ3v) is 6.11. The van der Waals surface area contributed by atoms with E-state index in [0.29, 0.717) is 24.2 Å². The molecule has 4 heteroatoms. The number of amides is 1. The fourth-order valence-electron chi connectivity index (χ4n) is 4.68. The Kier molecular flexibility index (Phi) is 5.25. The Morgan fingerprint density at radius 3 is 2.80 bits per heavy atom. The predicted octanol–water partition coefficient (Wildman–Crippen LogP) is 3.28.